The molecule has 1 heterocycles. The van der Waals surface area contributed by atoms with Gasteiger partial charge in [0.25, 0.3) is 20.2 Å². The lowest BCUT2D eigenvalue weighted by Crippen LogP contribution is -2.46. The van der Waals surface area contributed by atoms with E-state index in [1.54, 1.807) is 12.1 Å². The Morgan fingerprint density at radius 2 is 1.36 bits per heavy atom. The van der Waals surface area contributed by atoms with Crippen molar-refractivity contribution in [2.24, 2.45) is 0 Å². The molecule has 44 heavy (non-hydrogen) atoms. The maximum Gasteiger partial charge on any atom is 0.336 e. The Morgan fingerprint density at radius 3 is 1.91 bits per heavy atom. The lowest BCUT2D eigenvalue weighted by molar-refractivity contribution is 0.0693. The molecular weight excluding hydrogens is 652 g/mol. The molecule has 0 saturated carbocycles. The van der Waals surface area contributed by atoms with E-state index in [0.717, 1.165) is 66.3 Å². The highest BCUT2D eigenvalue weighted by atomic mass is 35.5. The summed E-state index contributed by atoms with van der Waals surface area (Å²) in [6.07, 6.45) is 2.42. The van der Waals surface area contributed by atoms with E-state index in [-0.39, 0.29) is 0 Å². The highest BCUT2D eigenvalue weighted by Gasteiger charge is 2.16. The van der Waals surface area contributed by atoms with E-state index < -0.39 is 26.2 Å². The van der Waals surface area contributed by atoms with Gasteiger partial charge in [0.15, 0.2) is 0 Å². The van der Waals surface area contributed by atoms with E-state index in [0.29, 0.717) is 24.7 Å². The van der Waals surface area contributed by atoms with Gasteiger partial charge >= 0.3 is 5.97 Å². The quantitative estimate of drug-likeness (QED) is 0.198. The van der Waals surface area contributed by atoms with Crippen LogP contribution in [0.25, 0.3) is 0 Å². The molecule has 0 spiro atoms. The van der Waals surface area contributed by atoms with Crippen molar-refractivity contribution in [3.05, 3.63) is 88.9 Å². The minimum atomic E-state index is -3.67. The van der Waals surface area contributed by atoms with Crippen LogP contribution in [0.3, 0.4) is 0 Å². The molecule has 1 saturated heterocycles. The average Bonchev–Trinajstić information content (AvgIpc) is 2.92. The summed E-state index contributed by atoms with van der Waals surface area (Å²) in [4.78, 5) is 18.1. The minimum Gasteiger partial charge on any atom is -0.494 e. The second-order valence-electron chi connectivity index (χ2n) is 9.79. The Labute approximate surface area is 268 Å². The van der Waals surface area contributed by atoms with Gasteiger partial charge < -0.3 is 14.7 Å². The first kappa shape index (κ1) is 37.5. The number of benzene rings is 3. The lowest BCUT2D eigenvalue weighted by Gasteiger charge is -2.34. The van der Waals surface area contributed by atoms with Crippen molar-refractivity contribution >= 4 is 49.6 Å². The van der Waals surface area contributed by atoms with Crippen LogP contribution in [-0.2, 0) is 26.8 Å². The third-order valence-corrected chi connectivity index (χ3v) is 7.18. The predicted octanol–water partition coefficient (Wildman–Crippen LogP) is 4.78. The summed E-state index contributed by atoms with van der Waals surface area (Å²) in [6.45, 7) is 7.01. The molecule has 3 N–H and O–H groups in total. The molecule has 1 aliphatic heterocycles. The number of hydrogen-bond acceptors (Lipinski definition) is 9. The fraction of sp³-hybridized carbons (Fsp3) is 0.345. The van der Waals surface area contributed by atoms with Crippen LogP contribution in [0.4, 0.5) is 0 Å². The van der Waals surface area contributed by atoms with Crippen molar-refractivity contribution in [2.45, 2.75) is 22.8 Å². The van der Waals surface area contributed by atoms with Gasteiger partial charge in [0, 0.05) is 54.1 Å². The molecule has 242 valence electrons. The topological polar surface area (TPSA) is 162 Å². The number of rotatable bonds is 10. The second-order valence-corrected chi connectivity index (χ2v) is 14.3. The second kappa shape index (κ2) is 18.3. The van der Waals surface area contributed by atoms with Crippen molar-refractivity contribution in [2.75, 3.05) is 51.8 Å². The van der Waals surface area contributed by atoms with Crippen LogP contribution in [-0.4, -0.2) is 98.7 Å². The van der Waals surface area contributed by atoms with Gasteiger partial charge in [-0.2, -0.15) is 16.8 Å². The molecule has 3 aromatic rings. The van der Waals surface area contributed by atoms with E-state index in [9.17, 15) is 26.7 Å². The van der Waals surface area contributed by atoms with Gasteiger partial charge in [-0.3, -0.25) is 14.0 Å². The minimum absolute atomic E-state index is 0.318. The smallest absolute Gasteiger partial charge is 0.336 e. The molecule has 15 heteroatoms. The van der Waals surface area contributed by atoms with E-state index in [2.05, 4.69) is 21.9 Å². The molecular formula is C29H37ClN2O9S3. The van der Waals surface area contributed by atoms with Gasteiger partial charge in [0.1, 0.15) is 5.75 Å². The summed E-state index contributed by atoms with van der Waals surface area (Å²) in [5.74, 6) is -0.0744. The Balaban J connectivity index is 0.000000586. The predicted molar refractivity (Wildman–Crippen MR) is 172 cm³/mol. The summed E-state index contributed by atoms with van der Waals surface area (Å²) in [6, 6.07) is 23.0. The SMILES string of the molecule is CS(=O)(=O)O.CS(=O)(=O)O.O=C(O)c1ccccc1Sc1ccc(OCCCN2CCN(Cc3ccc(Cl)cc3)CC2)cc1. The van der Waals surface area contributed by atoms with Crippen molar-refractivity contribution in [3.63, 3.8) is 0 Å². The zero-order valence-corrected chi connectivity index (χ0v) is 27.6. The summed E-state index contributed by atoms with van der Waals surface area (Å²) in [5.41, 5.74) is 1.63. The van der Waals surface area contributed by atoms with Crippen LogP contribution < -0.4 is 4.74 Å². The number of carboxylic acid groups (broad SMARTS) is 1. The number of nitrogens with zero attached hydrogens (tertiary/aromatic N) is 2. The number of aromatic carboxylic acids is 1. The summed E-state index contributed by atoms with van der Waals surface area (Å²) >= 11 is 7.42. The molecule has 4 rings (SSSR count). The standard InChI is InChI=1S/C27H29ClN2O3S.2CH4O3S/c28-22-8-6-21(7-9-22)20-30-17-15-29(16-18-30)14-3-19-33-23-10-12-24(13-11-23)34-26-5-2-1-4-25(26)27(31)32;2*1-5(2,3)4/h1-2,4-13H,3,14-20H2,(H,31,32);2*1H3,(H,2,3,4). The highest BCUT2D eigenvalue weighted by Crippen LogP contribution is 2.31. The van der Waals surface area contributed by atoms with E-state index in [4.69, 9.17) is 25.4 Å². The van der Waals surface area contributed by atoms with E-state index >= 15 is 0 Å². The first-order valence-corrected chi connectivity index (χ1v) is 18.2. The van der Waals surface area contributed by atoms with Crippen LogP contribution in [0, 0.1) is 0 Å². The Morgan fingerprint density at radius 1 is 0.841 bits per heavy atom. The number of carboxylic acids is 1. The lowest BCUT2D eigenvalue weighted by atomic mass is 10.2. The maximum absolute atomic E-state index is 11.4. The first-order valence-electron chi connectivity index (χ1n) is 13.3. The van der Waals surface area contributed by atoms with Gasteiger partial charge in [-0.15, -0.1) is 0 Å². The highest BCUT2D eigenvalue weighted by molar-refractivity contribution is 7.99. The van der Waals surface area contributed by atoms with E-state index in [1.807, 2.05) is 48.5 Å². The third kappa shape index (κ3) is 17.6. The molecule has 0 aromatic heterocycles. The first-order chi connectivity index (χ1) is 20.6. The zero-order chi connectivity index (χ0) is 32.8. The largest absolute Gasteiger partial charge is 0.494 e. The number of piperazine rings is 1. The molecule has 3 aromatic carbocycles. The monoisotopic (exact) mass is 688 g/mol. The molecule has 0 amide bonds. The molecule has 0 bridgehead atoms. The van der Waals surface area contributed by atoms with Crippen LogP contribution >= 0.6 is 23.4 Å². The average molecular weight is 689 g/mol. The third-order valence-electron chi connectivity index (χ3n) is 5.84. The van der Waals surface area contributed by atoms with Crippen molar-refractivity contribution < 1.29 is 40.6 Å². The van der Waals surface area contributed by atoms with Gasteiger partial charge in [-0.05, 0) is 60.5 Å². The molecule has 0 atom stereocenters. The fourth-order valence-electron chi connectivity index (χ4n) is 3.96. The molecule has 0 aliphatic carbocycles. The van der Waals surface area contributed by atoms with Gasteiger partial charge in [-0.1, -0.05) is 47.6 Å². The maximum atomic E-state index is 11.4. The molecule has 11 nitrogen and oxygen atoms in total. The summed E-state index contributed by atoms with van der Waals surface area (Å²) in [5, 5.41) is 10.1. The van der Waals surface area contributed by atoms with Crippen molar-refractivity contribution in [1.82, 2.24) is 9.80 Å². The van der Waals surface area contributed by atoms with Crippen LogP contribution in [0.2, 0.25) is 5.02 Å². The normalized spacial score (nSPS) is 14.0. The summed E-state index contributed by atoms with van der Waals surface area (Å²) < 4.78 is 57.7. The van der Waals surface area contributed by atoms with Gasteiger partial charge in [-0.25, -0.2) is 4.79 Å². The summed E-state index contributed by atoms with van der Waals surface area (Å²) in [7, 11) is -7.33. The van der Waals surface area contributed by atoms with Gasteiger partial charge in [0.2, 0.25) is 0 Å². The van der Waals surface area contributed by atoms with Gasteiger partial charge in [0.05, 0.1) is 24.7 Å². The Bertz CT molecular complexity index is 1480. The number of hydrogen-bond donors (Lipinski definition) is 3. The Hall–Kier alpha value is -2.69. The fourth-order valence-corrected chi connectivity index (χ4v) is 5.02. The molecule has 0 unspecified atom stereocenters. The van der Waals surface area contributed by atoms with Crippen LogP contribution in [0.1, 0.15) is 22.3 Å². The van der Waals surface area contributed by atoms with Crippen molar-refractivity contribution in [1.29, 1.82) is 0 Å². The van der Waals surface area contributed by atoms with E-state index in [1.165, 1.54) is 17.3 Å². The molecule has 0 radical (unpaired) electrons. The molecule has 1 fully saturated rings. The van der Waals surface area contributed by atoms with Crippen LogP contribution in [0.5, 0.6) is 5.75 Å². The molecule has 1 aliphatic rings. The Kier molecular flexibility index (Phi) is 15.6. The number of carbonyl (C=O) groups is 1. The van der Waals surface area contributed by atoms with Crippen molar-refractivity contribution in [3.8, 4) is 5.75 Å². The van der Waals surface area contributed by atoms with Crippen LogP contribution in [0.15, 0.2) is 82.6 Å². The number of halogens is 1. The zero-order valence-electron chi connectivity index (χ0n) is 24.4. The number of ether oxygens (including phenoxy) is 1.